The third-order valence-electron chi connectivity index (χ3n) is 6.07. The van der Waals surface area contributed by atoms with Gasteiger partial charge in [-0.15, -0.1) is 0 Å². The van der Waals surface area contributed by atoms with Gasteiger partial charge in [-0.2, -0.15) is 0 Å². The van der Waals surface area contributed by atoms with Crippen molar-refractivity contribution in [3.8, 4) is 0 Å². The highest BCUT2D eigenvalue weighted by Crippen LogP contribution is 2.19. The van der Waals surface area contributed by atoms with Gasteiger partial charge in [0.1, 0.15) is 12.6 Å². The van der Waals surface area contributed by atoms with E-state index < -0.39 is 18.2 Å². The van der Waals surface area contributed by atoms with Gasteiger partial charge in [-0.1, -0.05) is 114 Å². The fourth-order valence-corrected chi connectivity index (χ4v) is 4.12. The van der Waals surface area contributed by atoms with E-state index in [1.54, 1.807) is 6.08 Å². The lowest BCUT2D eigenvalue weighted by molar-refractivity contribution is -0.129. The van der Waals surface area contributed by atoms with Crippen molar-refractivity contribution in [1.82, 2.24) is 4.90 Å². The number of ether oxygens (including phenoxy) is 1. The van der Waals surface area contributed by atoms with Crippen molar-refractivity contribution in [1.29, 1.82) is 0 Å². The molecule has 2 rings (SSSR count). The number of aliphatic hydroxyl groups is 1. The summed E-state index contributed by atoms with van der Waals surface area (Å²) in [6, 6.07) is 8.62. The molecule has 0 spiro atoms. The predicted molar refractivity (Wildman–Crippen MR) is 128 cm³/mol. The summed E-state index contributed by atoms with van der Waals surface area (Å²) in [5, 5.41) is 10.5. The molecule has 0 radical (unpaired) electrons. The molecule has 32 heavy (non-hydrogen) atoms. The highest BCUT2D eigenvalue weighted by atomic mass is 16.6. The smallest absolute Gasteiger partial charge is 0.417 e. The maximum atomic E-state index is 12.6. The number of rotatable bonds is 16. The Morgan fingerprint density at radius 3 is 2.25 bits per heavy atom. The number of unbranched alkanes of at least 4 members (excludes halogenated alkanes) is 11. The molecule has 0 unspecified atom stereocenters. The number of aliphatic hydroxyl groups excluding tert-OH is 1. The predicted octanol–water partition coefficient (Wildman–Crippen LogP) is 6.19. The molecule has 1 aromatic rings. The average molecular weight is 444 g/mol. The van der Waals surface area contributed by atoms with Crippen LogP contribution in [0.5, 0.6) is 0 Å². The van der Waals surface area contributed by atoms with E-state index in [1.807, 2.05) is 36.4 Å². The molecule has 5 heteroatoms. The molecule has 1 saturated heterocycles. The lowest BCUT2D eigenvalue weighted by atomic mass is 10.0. The van der Waals surface area contributed by atoms with Crippen LogP contribution in [0, 0.1) is 0 Å². The minimum absolute atomic E-state index is 0.0311. The van der Waals surface area contributed by atoms with Gasteiger partial charge in [0.2, 0.25) is 5.91 Å². The first-order valence-corrected chi connectivity index (χ1v) is 12.5. The van der Waals surface area contributed by atoms with Gasteiger partial charge in [-0.25, -0.2) is 9.69 Å². The summed E-state index contributed by atoms with van der Waals surface area (Å²) in [6.07, 6.45) is 17.5. The molecule has 2 atom stereocenters. The minimum atomic E-state index is -0.908. The van der Waals surface area contributed by atoms with Gasteiger partial charge >= 0.3 is 6.09 Å². The van der Waals surface area contributed by atoms with Crippen molar-refractivity contribution in [2.45, 2.75) is 103 Å². The van der Waals surface area contributed by atoms with Crippen LogP contribution in [0.1, 0.15) is 89.5 Å². The second kappa shape index (κ2) is 15.6. The molecule has 5 nitrogen and oxygen atoms in total. The lowest BCUT2D eigenvalue weighted by Gasteiger charge is -2.22. The Hall–Kier alpha value is -2.14. The Bertz CT molecular complexity index is 688. The second-order valence-corrected chi connectivity index (χ2v) is 8.81. The summed E-state index contributed by atoms with van der Waals surface area (Å²) >= 11 is 0. The number of carbonyl (C=O) groups excluding carboxylic acids is 2. The van der Waals surface area contributed by atoms with Crippen molar-refractivity contribution < 1.29 is 19.4 Å². The molecule has 1 N–H and O–H groups in total. The summed E-state index contributed by atoms with van der Waals surface area (Å²) in [4.78, 5) is 25.7. The van der Waals surface area contributed by atoms with E-state index in [0.717, 1.165) is 23.3 Å². The van der Waals surface area contributed by atoms with E-state index in [2.05, 4.69) is 6.92 Å². The quantitative estimate of drug-likeness (QED) is 0.244. The summed E-state index contributed by atoms with van der Waals surface area (Å²) in [5.41, 5.74) is 0.831. The van der Waals surface area contributed by atoms with E-state index in [4.69, 9.17) is 4.74 Å². The van der Waals surface area contributed by atoms with Crippen molar-refractivity contribution in [2.75, 3.05) is 6.61 Å². The van der Waals surface area contributed by atoms with Gasteiger partial charge in [-0.3, -0.25) is 4.79 Å². The van der Waals surface area contributed by atoms with Gasteiger partial charge in [0.05, 0.1) is 12.5 Å². The zero-order chi connectivity index (χ0) is 23.0. The third kappa shape index (κ3) is 9.56. The summed E-state index contributed by atoms with van der Waals surface area (Å²) in [5.74, 6) is -0.346. The fraction of sp³-hybridized carbons (Fsp3) is 0.630. The Kier molecular flexibility index (Phi) is 12.8. The van der Waals surface area contributed by atoms with Crippen LogP contribution in [0.4, 0.5) is 4.79 Å². The van der Waals surface area contributed by atoms with Crippen LogP contribution in [-0.4, -0.2) is 40.8 Å². The topological polar surface area (TPSA) is 66.8 Å². The Morgan fingerprint density at radius 1 is 1.03 bits per heavy atom. The van der Waals surface area contributed by atoms with Crippen LogP contribution in [0.15, 0.2) is 42.5 Å². The van der Waals surface area contributed by atoms with Crippen LogP contribution < -0.4 is 0 Å². The maximum Gasteiger partial charge on any atom is 0.417 e. The molecule has 1 heterocycles. The third-order valence-corrected chi connectivity index (χ3v) is 6.07. The van der Waals surface area contributed by atoms with Gasteiger partial charge in [-0.05, 0) is 18.4 Å². The molecule has 1 aliphatic heterocycles. The Labute approximate surface area is 193 Å². The van der Waals surface area contributed by atoms with E-state index in [9.17, 15) is 14.7 Å². The van der Waals surface area contributed by atoms with E-state index in [0.29, 0.717) is 0 Å². The van der Waals surface area contributed by atoms with Crippen LogP contribution >= 0.6 is 0 Å². The zero-order valence-corrected chi connectivity index (χ0v) is 19.7. The second-order valence-electron chi connectivity index (χ2n) is 8.81. The number of hydrogen-bond donors (Lipinski definition) is 1. The number of imide groups is 1. The first-order valence-electron chi connectivity index (χ1n) is 12.5. The summed E-state index contributed by atoms with van der Waals surface area (Å²) < 4.78 is 5.05. The lowest BCUT2D eigenvalue weighted by Crippen LogP contribution is -2.45. The number of benzene rings is 1. The molecule has 0 bridgehead atoms. The van der Waals surface area contributed by atoms with E-state index in [-0.39, 0.29) is 18.9 Å². The number of cyclic esters (lactones) is 1. The minimum Gasteiger partial charge on any atom is -0.447 e. The highest BCUT2D eigenvalue weighted by molar-refractivity contribution is 5.94. The van der Waals surface area contributed by atoms with Crippen molar-refractivity contribution in [3.05, 3.63) is 48.0 Å². The molecule has 178 valence electrons. The van der Waals surface area contributed by atoms with Crippen LogP contribution in [0.3, 0.4) is 0 Å². The molecule has 2 amide bonds. The Morgan fingerprint density at radius 2 is 1.62 bits per heavy atom. The SMILES string of the molecule is CCCCCCCCCCCCC/C=C/[C@@H](O)[C@@H]1COC(=O)N1C(=O)Cc1ccccc1. The van der Waals surface area contributed by atoms with Crippen molar-refractivity contribution in [2.24, 2.45) is 0 Å². The number of nitrogens with zero attached hydrogens (tertiary/aromatic N) is 1. The molecule has 1 fully saturated rings. The molecule has 1 aromatic carbocycles. The first kappa shape index (κ1) is 26.1. The van der Waals surface area contributed by atoms with E-state index >= 15 is 0 Å². The first-order chi connectivity index (χ1) is 15.6. The molecular formula is C27H41NO4. The number of hydrogen-bond acceptors (Lipinski definition) is 4. The van der Waals surface area contributed by atoms with Crippen LogP contribution in [0.2, 0.25) is 0 Å². The van der Waals surface area contributed by atoms with Crippen molar-refractivity contribution >= 4 is 12.0 Å². The maximum absolute atomic E-state index is 12.6. The summed E-state index contributed by atoms with van der Waals surface area (Å²) in [7, 11) is 0. The standard InChI is InChI=1S/C27H41NO4/c1-2-3-4-5-6-7-8-9-10-11-12-13-17-20-25(29)24-22-32-27(31)28(24)26(30)21-23-18-15-14-16-19-23/h14-20,24-25,29H,2-13,21-22H2,1H3/b20-17+/t24-,25+/m0/s1. The fourth-order valence-electron chi connectivity index (χ4n) is 4.12. The monoisotopic (exact) mass is 443 g/mol. The van der Waals surface area contributed by atoms with Crippen molar-refractivity contribution in [3.63, 3.8) is 0 Å². The van der Waals surface area contributed by atoms with Crippen LogP contribution in [-0.2, 0) is 16.0 Å². The van der Waals surface area contributed by atoms with Gasteiger partial charge < -0.3 is 9.84 Å². The van der Waals surface area contributed by atoms with Gasteiger partial charge in [0, 0.05) is 0 Å². The molecule has 0 saturated carbocycles. The molecule has 0 aromatic heterocycles. The highest BCUT2D eigenvalue weighted by Gasteiger charge is 2.40. The molecule has 0 aliphatic carbocycles. The van der Waals surface area contributed by atoms with Gasteiger partial charge in [0.25, 0.3) is 0 Å². The largest absolute Gasteiger partial charge is 0.447 e. The number of allylic oxidation sites excluding steroid dienone is 1. The Balaban J connectivity index is 1.61. The number of amides is 2. The molecular weight excluding hydrogens is 402 g/mol. The normalized spacial score (nSPS) is 17.1. The average Bonchev–Trinajstić information content (AvgIpc) is 3.19. The summed E-state index contributed by atoms with van der Waals surface area (Å²) in [6.45, 7) is 2.28. The van der Waals surface area contributed by atoms with E-state index in [1.165, 1.54) is 64.2 Å². The number of carbonyl (C=O) groups is 2. The molecule has 1 aliphatic rings. The van der Waals surface area contributed by atoms with Crippen LogP contribution in [0.25, 0.3) is 0 Å². The zero-order valence-electron chi connectivity index (χ0n) is 19.7. The van der Waals surface area contributed by atoms with Gasteiger partial charge in [0.15, 0.2) is 0 Å².